The van der Waals surface area contributed by atoms with E-state index in [0.717, 1.165) is 45.2 Å². The van der Waals surface area contributed by atoms with E-state index in [2.05, 4.69) is 51.6 Å². The number of H-pyrrole nitrogens is 2. The Labute approximate surface area is 162 Å². The molecule has 4 nitrogen and oxygen atoms in total. The van der Waals surface area contributed by atoms with Crippen LogP contribution in [0.15, 0.2) is 97.2 Å². The van der Waals surface area contributed by atoms with Crippen molar-refractivity contribution < 1.29 is 0 Å². The zero-order valence-corrected chi connectivity index (χ0v) is 15.1. The number of aromatic amines is 2. The van der Waals surface area contributed by atoms with Gasteiger partial charge in [0, 0.05) is 16.7 Å². The third kappa shape index (κ3) is 2.91. The standard InChI is InChI=1S/C24H18N4/c1-4-10-17(11-5-1)21-20(16-25-28-21)24-26-22(18-12-6-2-7-13-18)23(27-24)19-14-8-3-9-15-19/h1-16H,(H,25,28)(H,26,27). The quantitative estimate of drug-likeness (QED) is 0.424. The lowest BCUT2D eigenvalue weighted by atomic mass is 10.1. The highest BCUT2D eigenvalue weighted by Gasteiger charge is 2.18. The van der Waals surface area contributed by atoms with E-state index in [1.54, 1.807) is 0 Å². The molecule has 0 radical (unpaired) electrons. The zero-order valence-electron chi connectivity index (χ0n) is 15.1. The van der Waals surface area contributed by atoms with E-state index in [9.17, 15) is 0 Å². The van der Waals surface area contributed by atoms with E-state index in [1.165, 1.54) is 0 Å². The highest BCUT2D eigenvalue weighted by molar-refractivity contribution is 5.84. The maximum atomic E-state index is 4.97. The van der Waals surface area contributed by atoms with Crippen LogP contribution in [0.3, 0.4) is 0 Å². The average molecular weight is 362 g/mol. The first-order chi connectivity index (χ1) is 13.9. The molecule has 0 unspecified atom stereocenters. The summed E-state index contributed by atoms with van der Waals surface area (Å²) >= 11 is 0. The minimum Gasteiger partial charge on any atom is -0.337 e. The third-order valence-electron chi connectivity index (χ3n) is 4.77. The Bertz CT molecular complexity index is 1130. The molecule has 0 bridgehead atoms. The molecular weight excluding hydrogens is 344 g/mol. The van der Waals surface area contributed by atoms with Crippen molar-refractivity contribution in [1.29, 1.82) is 0 Å². The Morgan fingerprint density at radius 3 is 1.71 bits per heavy atom. The Morgan fingerprint density at radius 2 is 1.11 bits per heavy atom. The van der Waals surface area contributed by atoms with Crippen molar-refractivity contribution in [2.24, 2.45) is 0 Å². The fourth-order valence-electron chi connectivity index (χ4n) is 3.41. The molecule has 134 valence electrons. The van der Waals surface area contributed by atoms with Gasteiger partial charge in [-0.15, -0.1) is 0 Å². The van der Waals surface area contributed by atoms with Gasteiger partial charge in [-0.25, -0.2) is 4.98 Å². The molecule has 2 heterocycles. The summed E-state index contributed by atoms with van der Waals surface area (Å²) in [7, 11) is 0. The molecule has 0 fully saturated rings. The van der Waals surface area contributed by atoms with Gasteiger partial charge in [0.1, 0.15) is 5.82 Å². The Morgan fingerprint density at radius 1 is 0.571 bits per heavy atom. The van der Waals surface area contributed by atoms with Crippen LogP contribution < -0.4 is 0 Å². The number of benzene rings is 3. The van der Waals surface area contributed by atoms with Gasteiger partial charge in [0.25, 0.3) is 0 Å². The SMILES string of the molecule is c1ccc(-c2nc(-c3cn[nH]c3-c3ccccc3)[nH]c2-c2ccccc2)cc1. The van der Waals surface area contributed by atoms with Crippen LogP contribution in [0.4, 0.5) is 0 Å². The lowest BCUT2D eigenvalue weighted by molar-refractivity contribution is 1.10. The van der Waals surface area contributed by atoms with Crippen LogP contribution in [0, 0.1) is 0 Å². The smallest absolute Gasteiger partial charge is 0.142 e. The molecule has 3 aromatic carbocycles. The van der Waals surface area contributed by atoms with Gasteiger partial charge in [-0.2, -0.15) is 5.10 Å². The van der Waals surface area contributed by atoms with Crippen molar-refractivity contribution in [2.75, 3.05) is 0 Å². The maximum absolute atomic E-state index is 4.97. The summed E-state index contributed by atoms with van der Waals surface area (Å²) in [6.45, 7) is 0. The molecule has 0 aliphatic carbocycles. The van der Waals surface area contributed by atoms with E-state index in [1.807, 2.05) is 60.8 Å². The Balaban J connectivity index is 1.69. The third-order valence-corrected chi connectivity index (χ3v) is 4.77. The molecule has 0 atom stereocenters. The number of rotatable bonds is 4. The summed E-state index contributed by atoms with van der Waals surface area (Å²) in [6.07, 6.45) is 1.82. The van der Waals surface area contributed by atoms with Crippen LogP contribution in [0.1, 0.15) is 0 Å². The number of nitrogens with zero attached hydrogens (tertiary/aromatic N) is 2. The summed E-state index contributed by atoms with van der Waals surface area (Å²) < 4.78 is 0. The van der Waals surface area contributed by atoms with Gasteiger partial charge in [0.05, 0.1) is 28.8 Å². The summed E-state index contributed by atoms with van der Waals surface area (Å²) in [5.41, 5.74) is 7.09. The van der Waals surface area contributed by atoms with Crippen molar-refractivity contribution in [3.8, 4) is 45.2 Å². The molecule has 0 aliphatic rings. The molecule has 0 amide bonds. The first-order valence-corrected chi connectivity index (χ1v) is 9.20. The van der Waals surface area contributed by atoms with Crippen molar-refractivity contribution in [3.05, 3.63) is 97.2 Å². The first-order valence-electron chi connectivity index (χ1n) is 9.20. The summed E-state index contributed by atoms with van der Waals surface area (Å²) in [5.74, 6) is 0.797. The zero-order chi connectivity index (χ0) is 18.8. The fourth-order valence-corrected chi connectivity index (χ4v) is 3.41. The molecule has 2 N–H and O–H groups in total. The largest absolute Gasteiger partial charge is 0.337 e. The number of imidazole rings is 1. The van der Waals surface area contributed by atoms with Crippen LogP contribution in [-0.2, 0) is 0 Å². The second kappa shape index (κ2) is 7.00. The minimum absolute atomic E-state index is 0.797. The summed E-state index contributed by atoms with van der Waals surface area (Å²) in [6, 6.07) is 30.7. The van der Waals surface area contributed by atoms with Crippen molar-refractivity contribution in [3.63, 3.8) is 0 Å². The van der Waals surface area contributed by atoms with Crippen LogP contribution >= 0.6 is 0 Å². The Kier molecular flexibility index (Phi) is 4.07. The molecule has 2 aromatic heterocycles. The topological polar surface area (TPSA) is 57.4 Å². The molecule has 5 rings (SSSR count). The van der Waals surface area contributed by atoms with Crippen LogP contribution in [-0.4, -0.2) is 20.2 Å². The summed E-state index contributed by atoms with van der Waals surface area (Å²) in [5, 5.41) is 7.39. The van der Waals surface area contributed by atoms with E-state index >= 15 is 0 Å². The highest BCUT2D eigenvalue weighted by Crippen LogP contribution is 2.35. The normalized spacial score (nSPS) is 10.9. The molecule has 5 aromatic rings. The number of hydrogen-bond acceptors (Lipinski definition) is 2. The molecular formula is C24H18N4. The predicted octanol–water partition coefficient (Wildman–Crippen LogP) is 5.80. The molecule has 0 spiro atoms. The van der Waals surface area contributed by atoms with Crippen LogP contribution in [0.25, 0.3) is 45.2 Å². The molecule has 28 heavy (non-hydrogen) atoms. The van der Waals surface area contributed by atoms with Gasteiger partial charge in [-0.1, -0.05) is 91.0 Å². The number of nitrogens with one attached hydrogen (secondary N) is 2. The van der Waals surface area contributed by atoms with Gasteiger partial charge in [-0.3, -0.25) is 5.10 Å². The van der Waals surface area contributed by atoms with Gasteiger partial charge < -0.3 is 4.98 Å². The average Bonchev–Trinajstić information content (AvgIpc) is 3.43. The van der Waals surface area contributed by atoms with Gasteiger partial charge in [-0.05, 0) is 0 Å². The van der Waals surface area contributed by atoms with E-state index in [-0.39, 0.29) is 0 Å². The molecule has 0 saturated carbocycles. The summed E-state index contributed by atoms with van der Waals surface area (Å²) in [4.78, 5) is 8.51. The second-order valence-electron chi connectivity index (χ2n) is 6.57. The second-order valence-corrected chi connectivity index (χ2v) is 6.57. The monoisotopic (exact) mass is 362 g/mol. The van der Waals surface area contributed by atoms with Crippen molar-refractivity contribution >= 4 is 0 Å². The number of aromatic nitrogens is 4. The van der Waals surface area contributed by atoms with E-state index in [4.69, 9.17) is 4.98 Å². The van der Waals surface area contributed by atoms with Crippen LogP contribution in [0.5, 0.6) is 0 Å². The van der Waals surface area contributed by atoms with Crippen LogP contribution in [0.2, 0.25) is 0 Å². The molecule has 0 saturated heterocycles. The number of hydrogen-bond donors (Lipinski definition) is 2. The van der Waals surface area contributed by atoms with E-state index < -0.39 is 0 Å². The van der Waals surface area contributed by atoms with Gasteiger partial charge >= 0.3 is 0 Å². The highest BCUT2D eigenvalue weighted by atomic mass is 15.1. The first kappa shape index (κ1) is 16.3. The molecule has 4 heteroatoms. The lowest BCUT2D eigenvalue weighted by Crippen LogP contribution is -1.84. The van der Waals surface area contributed by atoms with E-state index in [0.29, 0.717) is 0 Å². The van der Waals surface area contributed by atoms with Crippen molar-refractivity contribution in [2.45, 2.75) is 0 Å². The molecule has 0 aliphatic heterocycles. The minimum atomic E-state index is 0.797. The fraction of sp³-hybridized carbons (Fsp3) is 0. The van der Waals surface area contributed by atoms with Gasteiger partial charge in [0.15, 0.2) is 0 Å². The Hall–Kier alpha value is -3.92. The van der Waals surface area contributed by atoms with Gasteiger partial charge in [0.2, 0.25) is 0 Å². The predicted molar refractivity (Wildman–Crippen MR) is 112 cm³/mol. The maximum Gasteiger partial charge on any atom is 0.142 e. The lowest BCUT2D eigenvalue weighted by Gasteiger charge is -2.02. The van der Waals surface area contributed by atoms with Crippen molar-refractivity contribution in [1.82, 2.24) is 20.2 Å².